The largest absolute Gasteiger partial charge is 3.00 e. The van der Waals surface area contributed by atoms with E-state index in [1.54, 1.807) is 0 Å². The first kappa shape index (κ1) is 30.2. The third kappa shape index (κ3) is 6.57. The SMILES string of the molecule is [CH2-]C(Cc1[c-]c(-c2cccc(CC(C)(c3[c-]cccc3)c3ccccn3)n2)ccc1)(c1ccccc1)c1ccccn1.[Ir+3]. The van der Waals surface area contributed by atoms with Crippen molar-refractivity contribution in [2.45, 2.75) is 30.6 Å². The summed E-state index contributed by atoms with van der Waals surface area (Å²) < 4.78 is 0. The molecule has 0 radical (unpaired) electrons. The molecule has 3 aromatic heterocycles. The van der Waals surface area contributed by atoms with Crippen LogP contribution in [0.4, 0.5) is 0 Å². The normalized spacial score (nSPS) is 13.7. The second-order valence-electron chi connectivity index (χ2n) is 10.9. The van der Waals surface area contributed by atoms with Crippen molar-refractivity contribution in [2.24, 2.45) is 0 Å². The zero-order valence-electron chi connectivity index (χ0n) is 24.1. The van der Waals surface area contributed by atoms with Crippen molar-refractivity contribution < 1.29 is 20.1 Å². The zero-order valence-corrected chi connectivity index (χ0v) is 26.5. The second-order valence-corrected chi connectivity index (χ2v) is 10.9. The van der Waals surface area contributed by atoms with Crippen molar-refractivity contribution in [1.29, 1.82) is 0 Å². The molecule has 2 unspecified atom stereocenters. The molecule has 0 aliphatic rings. The summed E-state index contributed by atoms with van der Waals surface area (Å²) in [6.45, 7) is 6.93. The molecule has 43 heavy (non-hydrogen) atoms. The molecule has 0 saturated heterocycles. The third-order valence-electron chi connectivity index (χ3n) is 7.98. The van der Waals surface area contributed by atoms with Crippen LogP contribution in [-0.2, 0) is 43.8 Å². The minimum Gasteiger partial charge on any atom is -0.327 e. The maximum absolute atomic E-state index is 5.13. The Morgan fingerprint density at radius 3 is 2.07 bits per heavy atom. The zero-order chi connectivity index (χ0) is 28.8. The quantitative estimate of drug-likeness (QED) is 0.141. The first-order chi connectivity index (χ1) is 20.5. The topological polar surface area (TPSA) is 38.7 Å². The average molecular weight is 735 g/mol. The van der Waals surface area contributed by atoms with Crippen LogP contribution in [0.5, 0.6) is 0 Å². The minimum atomic E-state index is -0.552. The molecule has 0 aliphatic heterocycles. The van der Waals surface area contributed by atoms with Gasteiger partial charge in [-0.15, -0.1) is 41.0 Å². The Labute approximate surface area is 268 Å². The molecule has 0 aliphatic carbocycles. The van der Waals surface area contributed by atoms with Gasteiger partial charge in [0.2, 0.25) is 0 Å². The van der Waals surface area contributed by atoms with Gasteiger partial charge in [0.15, 0.2) is 0 Å². The molecule has 0 N–H and O–H groups in total. The first-order valence-corrected chi connectivity index (χ1v) is 14.2. The van der Waals surface area contributed by atoms with Gasteiger partial charge in [0.05, 0.1) is 0 Å². The molecule has 0 fully saturated rings. The Kier molecular flexibility index (Phi) is 9.40. The van der Waals surface area contributed by atoms with Gasteiger partial charge in [-0.1, -0.05) is 78.9 Å². The summed E-state index contributed by atoms with van der Waals surface area (Å²) in [6, 6.07) is 50.2. The molecule has 0 amide bonds. The van der Waals surface area contributed by atoms with Crippen molar-refractivity contribution >= 4 is 0 Å². The van der Waals surface area contributed by atoms with Gasteiger partial charge >= 0.3 is 20.1 Å². The Balaban J connectivity index is 0.00000368. The summed E-state index contributed by atoms with van der Waals surface area (Å²) in [6.07, 6.45) is 5.03. The van der Waals surface area contributed by atoms with Crippen molar-refractivity contribution in [3.63, 3.8) is 0 Å². The van der Waals surface area contributed by atoms with E-state index in [9.17, 15) is 0 Å². The fourth-order valence-electron chi connectivity index (χ4n) is 5.68. The monoisotopic (exact) mass is 735 g/mol. The van der Waals surface area contributed by atoms with Crippen molar-refractivity contribution in [3.05, 3.63) is 193 Å². The van der Waals surface area contributed by atoms with Gasteiger partial charge in [-0.2, -0.15) is 30.3 Å². The van der Waals surface area contributed by atoms with Crippen LogP contribution in [0, 0.1) is 19.1 Å². The fourth-order valence-corrected chi connectivity index (χ4v) is 5.68. The smallest absolute Gasteiger partial charge is 0.327 e. The second kappa shape index (κ2) is 13.4. The third-order valence-corrected chi connectivity index (χ3v) is 7.98. The number of benzene rings is 3. The molecular weight excluding hydrogens is 703 g/mol. The minimum absolute atomic E-state index is 0. The van der Waals surface area contributed by atoms with Gasteiger partial charge in [0, 0.05) is 41.3 Å². The standard InChI is InChI=1S/C39H32N3.Ir/c1-38(32-17-5-3-6-18-32,36-23-9-11-25-40-36)28-30-15-13-16-31(27-30)35-22-14-21-34(42-35)29-39(2,33-19-7-4-8-20-33)37-24-10-12-26-41-37;/h3-19,21-26H,1,28-29H2,2H3;/q-3;+3. The van der Waals surface area contributed by atoms with Gasteiger partial charge in [-0.05, 0) is 36.0 Å². The van der Waals surface area contributed by atoms with Crippen molar-refractivity contribution in [2.75, 3.05) is 0 Å². The van der Waals surface area contributed by atoms with E-state index in [0.717, 1.165) is 45.0 Å². The van der Waals surface area contributed by atoms with E-state index < -0.39 is 5.41 Å². The maximum atomic E-state index is 5.13. The van der Waals surface area contributed by atoms with E-state index in [-0.39, 0.29) is 25.5 Å². The molecule has 4 heteroatoms. The average Bonchev–Trinajstić information content (AvgIpc) is 3.06. The van der Waals surface area contributed by atoms with E-state index in [0.29, 0.717) is 12.8 Å². The summed E-state index contributed by atoms with van der Waals surface area (Å²) in [4.78, 5) is 14.6. The Morgan fingerprint density at radius 1 is 0.674 bits per heavy atom. The van der Waals surface area contributed by atoms with Crippen LogP contribution in [0.1, 0.15) is 40.7 Å². The number of hydrogen-bond acceptors (Lipinski definition) is 3. The van der Waals surface area contributed by atoms with Gasteiger partial charge in [0.25, 0.3) is 0 Å². The van der Waals surface area contributed by atoms with Crippen LogP contribution in [0.25, 0.3) is 11.3 Å². The molecule has 3 aromatic carbocycles. The number of rotatable bonds is 9. The molecular formula is C39H32IrN3. The number of pyridine rings is 3. The summed E-state index contributed by atoms with van der Waals surface area (Å²) in [5, 5.41) is 0. The van der Waals surface area contributed by atoms with Crippen LogP contribution >= 0.6 is 0 Å². The van der Waals surface area contributed by atoms with Gasteiger partial charge in [0.1, 0.15) is 0 Å². The van der Waals surface area contributed by atoms with Gasteiger partial charge in [-0.25, -0.2) is 0 Å². The van der Waals surface area contributed by atoms with E-state index in [4.69, 9.17) is 21.9 Å². The Bertz CT molecular complexity index is 1530. The number of hydrogen-bond donors (Lipinski definition) is 0. The predicted octanol–water partition coefficient (Wildman–Crippen LogP) is 8.05. The Morgan fingerprint density at radius 2 is 1.37 bits per heavy atom. The van der Waals surface area contributed by atoms with E-state index in [1.807, 2.05) is 54.9 Å². The van der Waals surface area contributed by atoms with Crippen LogP contribution in [-0.4, -0.2) is 15.0 Å². The molecule has 0 spiro atoms. The molecule has 0 saturated carbocycles. The van der Waals surface area contributed by atoms with Crippen LogP contribution in [0.2, 0.25) is 0 Å². The molecule has 6 aromatic rings. The van der Waals surface area contributed by atoms with E-state index in [1.165, 1.54) is 0 Å². The summed E-state index contributed by atoms with van der Waals surface area (Å²) in [5.74, 6) is 0. The van der Waals surface area contributed by atoms with Gasteiger partial charge < -0.3 is 11.9 Å². The summed E-state index contributed by atoms with van der Waals surface area (Å²) in [7, 11) is 0. The van der Waals surface area contributed by atoms with Gasteiger partial charge in [-0.3, -0.25) is 9.97 Å². The first-order valence-electron chi connectivity index (χ1n) is 14.2. The Hall–Kier alpha value is -4.24. The van der Waals surface area contributed by atoms with E-state index in [2.05, 4.69) is 104 Å². The predicted molar refractivity (Wildman–Crippen MR) is 169 cm³/mol. The summed E-state index contributed by atoms with van der Waals surface area (Å²) >= 11 is 0. The molecule has 212 valence electrons. The number of aromatic nitrogens is 3. The molecule has 3 nitrogen and oxygen atoms in total. The number of nitrogens with zero attached hydrogens (tertiary/aromatic N) is 3. The molecule has 6 rings (SSSR count). The summed E-state index contributed by atoms with van der Waals surface area (Å²) in [5.41, 5.74) is 7.09. The van der Waals surface area contributed by atoms with E-state index >= 15 is 0 Å². The van der Waals surface area contributed by atoms with Crippen molar-refractivity contribution in [3.8, 4) is 11.3 Å². The van der Waals surface area contributed by atoms with Crippen LogP contribution < -0.4 is 0 Å². The van der Waals surface area contributed by atoms with Crippen molar-refractivity contribution in [1.82, 2.24) is 15.0 Å². The molecule has 0 bridgehead atoms. The molecule has 2 atom stereocenters. The van der Waals surface area contributed by atoms with Crippen LogP contribution in [0.15, 0.2) is 140 Å². The maximum Gasteiger partial charge on any atom is 3.00 e. The van der Waals surface area contributed by atoms with Crippen LogP contribution in [0.3, 0.4) is 0 Å². The fraction of sp³-hybridized carbons (Fsp3) is 0.128. The molecule has 3 heterocycles.